The molecule has 3 rings (SSSR count). The summed E-state index contributed by atoms with van der Waals surface area (Å²) in [7, 11) is 0. The molecule has 0 heterocycles. The molecule has 154 valence electrons. The Labute approximate surface area is 184 Å². The summed E-state index contributed by atoms with van der Waals surface area (Å²) in [4.78, 5) is 24.6. The first-order valence-corrected chi connectivity index (χ1v) is 10.4. The third-order valence-corrected chi connectivity index (χ3v) is 5.14. The van der Waals surface area contributed by atoms with Gasteiger partial charge in [0, 0.05) is 11.3 Å². The minimum atomic E-state index is -0.280. The fourth-order valence-electron chi connectivity index (χ4n) is 2.87. The Morgan fingerprint density at radius 2 is 1.70 bits per heavy atom. The zero-order chi connectivity index (χ0) is 21.5. The predicted molar refractivity (Wildman–Crippen MR) is 122 cm³/mol. The first kappa shape index (κ1) is 21.6. The van der Waals surface area contributed by atoms with E-state index < -0.39 is 0 Å². The van der Waals surface area contributed by atoms with Crippen LogP contribution in [-0.4, -0.2) is 18.4 Å². The van der Waals surface area contributed by atoms with Crippen LogP contribution < -0.4 is 15.4 Å². The van der Waals surface area contributed by atoms with Crippen LogP contribution in [0.25, 0.3) is 0 Å². The lowest BCUT2D eigenvalue weighted by molar-refractivity contribution is -0.118. The van der Waals surface area contributed by atoms with Crippen molar-refractivity contribution >= 4 is 33.4 Å². The number of aryl methyl sites for hydroxylation is 1. The monoisotopic (exact) mass is 466 g/mol. The Hall–Kier alpha value is -3.12. The largest absolute Gasteiger partial charge is 0.483 e. The van der Waals surface area contributed by atoms with E-state index in [9.17, 15) is 9.59 Å². The average Bonchev–Trinajstić information content (AvgIpc) is 2.74. The minimum absolute atomic E-state index is 0.101. The van der Waals surface area contributed by atoms with E-state index in [1.807, 2.05) is 62.4 Å². The molecule has 3 aromatic rings. The summed E-state index contributed by atoms with van der Waals surface area (Å²) in [6.07, 6.45) is 0. The summed E-state index contributed by atoms with van der Waals surface area (Å²) >= 11 is 3.42. The van der Waals surface area contributed by atoms with E-state index in [1.165, 1.54) is 0 Å². The topological polar surface area (TPSA) is 67.4 Å². The SMILES string of the molecule is Cc1ccc(OCC(=O)Nc2ccc(C(=O)NC(C)c3ccccc3)cc2)c(Br)c1. The zero-order valence-electron chi connectivity index (χ0n) is 16.8. The second kappa shape index (κ2) is 10.1. The van der Waals surface area contributed by atoms with Gasteiger partial charge in [-0.1, -0.05) is 36.4 Å². The Morgan fingerprint density at radius 1 is 1.00 bits per heavy atom. The van der Waals surface area contributed by atoms with Gasteiger partial charge in [0.25, 0.3) is 11.8 Å². The average molecular weight is 467 g/mol. The molecule has 0 aromatic heterocycles. The molecule has 5 nitrogen and oxygen atoms in total. The summed E-state index contributed by atoms with van der Waals surface area (Å²) in [6, 6.07) is 22.1. The molecule has 0 saturated carbocycles. The molecule has 2 amide bonds. The maximum absolute atomic E-state index is 12.5. The van der Waals surface area contributed by atoms with Gasteiger partial charge in [-0.25, -0.2) is 0 Å². The highest BCUT2D eigenvalue weighted by Crippen LogP contribution is 2.25. The fraction of sp³-hybridized carbons (Fsp3) is 0.167. The lowest BCUT2D eigenvalue weighted by atomic mass is 10.1. The normalized spacial score (nSPS) is 11.4. The number of ether oxygens (including phenoxy) is 1. The smallest absolute Gasteiger partial charge is 0.262 e. The van der Waals surface area contributed by atoms with Crippen molar-refractivity contribution in [2.45, 2.75) is 19.9 Å². The third kappa shape index (κ3) is 5.94. The second-order valence-electron chi connectivity index (χ2n) is 6.95. The summed E-state index contributed by atoms with van der Waals surface area (Å²) in [5.41, 5.74) is 3.26. The van der Waals surface area contributed by atoms with Crippen molar-refractivity contribution in [3.8, 4) is 5.75 Å². The van der Waals surface area contributed by atoms with E-state index in [4.69, 9.17) is 4.74 Å². The zero-order valence-corrected chi connectivity index (χ0v) is 18.4. The molecule has 0 fully saturated rings. The standard InChI is InChI=1S/C24H23BrN2O3/c1-16-8-13-22(21(25)14-16)30-15-23(28)27-20-11-9-19(10-12-20)24(29)26-17(2)18-6-4-3-5-7-18/h3-14,17H,15H2,1-2H3,(H,26,29)(H,27,28). The number of amides is 2. The lowest BCUT2D eigenvalue weighted by Gasteiger charge is -2.14. The van der Waals surface area contributed by atoms with Crippen LogP contribution in [0.2, 0.25) is 0 Å². The molecule has 0 radical (unpaired) electrons. The number of carbonyl (C=O) groups is 2. The van der Waals surface area contributed by atoms with Gasteiger partial charge in [-0.05, 0) is 77.3 Å². The molecule has 0 aliphatic carbocycles. The molecule has 0 bridgehead atoms. The Balaban J connectivity index is 1.52. The number of rotatable bonds is 7. The van der Waals surface area contributed by atoms with Gasteiger partial charge < -0.3 is 15.4 Å². The molecule has 30 heavy (non-hydrogen) atoms. The second-order valence-corrected chi connectivity index (χ2v) is 7.81. The molecule has 2 N–H and O–H groups in total. The van der Waals surface area contributed by atoms with Crippen molar-refractivity contribution in [3.63, 3.8) is 0 Å². The molecule has 0 spiro atoms. The van der Waals surface area contributed by atoms with E-state index in [1.54, 1.807) is 24.3 Å². The first-order valence-electron chi connectivity index (χ1n) is 9.57. The fourth-order valence-corrected chi connectivity index (χ4v) is 3.48. The molecular formula is C24H23BrN2O3. The third-order valence-electron chi connectivity index (χ3n) is 4.52. The van der Waals surface area contributed by atoms with Gasteiger partial charge in [0.2, 0.25) is 0 Å². The molecule has 3 aromatic carbocycles. The Morgan fingerprint density at radius 3 is 2.37 bits per heavy atom. The molecule has 0 aliphatic heterocycles. The van der Waals surface area contributed by atoms with Gasteiger partial charge in [-0.15, -0.1) is 0 Å². The number of carbonyl (C=O) groups excluding carboxylic acids is 2. The highest BCUT2D eigenvalue weighted by molar-refractivity contribution is 9.10. The van der Waals surface area contributed by atoms with Crippen molar-refractivity contribution in [2.75, 3.05) is 11.9 Å². The van der Waals surface area contributed by atoms with Gasteiger partial charge in [0.15, 0.2) is 6.61 Å². The Bertz CT molecular complexity index is 1020. The van der Waals surface area contributed by atoms with Crippen LogP contribution in [0, 0.1) is 6.92 Å². The molecule has 1 atom stereocenters. The lowest BCUT2D eigenvalue weighted by Crippen LogP contribution is -2.26. The summed E-state index contributed by atoms with van der Waals surface area (Å²) in [6.45, 7) is 3.81. The van der Waals surface area contributed by atoms with Crippen molar-refractivity contribution < 1.29 is 14.3 Å². The summed E-state index contributed by atoms with van der Waals surface area (Å²) in [5, 5.41) is 5.73. The van der Waals surface area contributed by atoms with E-state index in [0.29, 0.717) is 17.0 Å². The van der Waals surface area contributed by atoms with Crippen molar-refractivity contribution in [1.29, 1.82) is 0 Å². The first-order chi connectivity index (χ1) is 14.4. The van der Waals surface area contributed by atoms with Crippen LogP contribution in [-0.2, 0) is 4.79 Å². The Kier molecular flexibility index (Phi) is 7.25. The maximum atomic E-state index is 12.5. The molecular weight excluding hydrogens is 444 g/mol. The summed E-state index contributed by atoms with van der Waals surface area (Å²) in [5.74, 6) is 0.157. The van der Waals surface area contributed by atoms with Crippen LogP contribution in [0.4, 0.5) is 5.69 Å². The minimum Gasteiger partial charge on any atom is -0.483 e. The number of halogens is 1. The highest BCUT2D eigenvalue weighted by Gasteiger charge is 2.12. The van der Waals surface area contributed by atoms with Gasteiger partial charge in [0.1, 0.15) is 5.75 Å². The molecule has 1 unspecified atom stereocenters. The molecule has 6 heteroatoms. The number of hydrogen-bond donors (Lipinski definition) is 2. The van der Waals surface area contributed by atoms with Crippen LogP contribution in [0.3, 0.4) is 0 Å². The van der Waals surface area contributed by atoms with Gasteiger partial charge in [-0.2, -0.15) is 0 Å². The summed E-state index contributed by atoms with van der Waals surface area (Å²) < 4.78 is 6.35. The quantitative estimate of drug-likeness (QED) is 0.498. The molecule has 0 saturated heterocycles. The maximum Gasteiger partial charge on any atom is 0.262 e. The van der Waals surface area contributed by atoms with Crippen molar-refractivity contribution in [3.05, 3.63) is 94.0 Å². The van der Waals surface area contributed by atoms with E-state index in [0.717, 1.165) is 15.6 Å². The predicted octanol–water partition coefficient (Wildman–Crippen LogP) is 5.27. The van der Waals surface area contributed by atoms with Crippen LogP contribution in [0.1, 0.15) is 34.5 Å². The van der Waals surface area contributed by atoms with Crippen LogP contribution >= 0.6 is 15.9 Å². The number of anilines is 1. The number of nitrogens with one attached hydrogen (secondary N) is 2. The van der Waals surface area contributed by atoms with Gasteiger partial charge >= 0.3 is 0 Å². The van der Waals surface area contributed by atoms with Gasteiger partial charge in [0.05, 0.1) is 10.5 Å². The number of hydrogen-bond acceptors (Lipinski definition) is 3. The van der Waals surface area contributed by atoms with Crippen LogP contribution in [0.5, 0.6) is 5.75 Å². The van der Waals surface area contributed by atoms with Crippen molar-refractivity contribution in [1.82, 2.24) is 5.32 Å². The molecule has 0 aliphatic rings. The van der Waals surface area contributed by atoms with Crippen LogP contribution in [0.15, 0.2) is 77.3 Å². The van der Waals surface area contributed by atoms with E-state index in [-0.39, 0.29) is 24.5 Å². The van der Waals surface area contributed by atoms with Crippen molar-refractivity contribution in [2.24, 2.45) is 0 Å². The van der Waals surface area contributed by atoms with Gasteiger partial charge in [-0.3, -0.25) is 9.59 Å². The number of benzene rings is 3. The van der Waals surface area contributed by atoms with E-state index in [2.05, 4.69) is 26.6 Å². The highest BCUT2D eigenvalue weighted by atomic mass is 79.9. The van der Waals surface area contributed by atoms with E-state index >= 15 is 0 Å².